The van der Waals surface area contributed by atoms with Crippen molar-refractivity contribution in [1.29, 1.82) is 0 Å². The lowest BCUT2D eigenvalue weighted by atomic mass is 10.1. The quantitative estimate of drug-likeness (QED) is 0.756. The molecule has 0 bridgehead atoms. The summed E-state index contributed by atoms with van der Waals surface area (Å²) in [7, 11) is 0. The van der Waals surface area contributed by atoms with E-state index in [9.17, 15) is 9.59 Å². The van der Waals surface area contributed by atoms with Gasteiger partial charge >= 0.3 is 0 Å². The smallest absolute Gasteiger partial charge is 0.272 e. The standard InChI is InChI=1S/C23H30N4O2/c1-4-25-12-14-26(15-13-25)23(29)21-16-20(10-11-24-21)22(28)27(18(2)3)17-19-8-6-5-7-9-19/h5-11,16,18H,4,12-15,17H2,1-3H3. The van der Waals surface area contributed by atoms with Gasteiger partial charge in [-0.1, -0.05) is 37.3 Å². The van der Waals surface area contributed by atoms with Crippen LogP contribution in [0.3, 0.4) is 0 Å². The molecule has 2 amide bonds. The zero-order chi connectivity index (χ0) is 20.8. The molecule has 3 rings (SSSR count). The second-order valence-corrected chi connectivity index (χ2v) is 7.67. The summed E-state index contributed by atoms with van der Waals surface area (Å²) in [6, 6.07) is 13.3. The van der Waals surface area contributed by atoms with Gasteiger partial charge in [-0.05, 0) is 38.1 Å². The molecule has 6 nitrogen and oxygen atoms in total. The fourth-order valence-corrected chi connectivity index (χ4v) is 3.54. The van der Waals surface area contributed by atoms with Crippen LogP contribution in [0, 0.1) is 0 Å². The molecule has 1 fully saturated rings. The molecule has 0 spiro atoms. The molecule has 1 aliphatic rings. The normalized spacial score (nSPS) is 14.8. The van der Waals surface area contributed by atoms with E-state index in [2.05, 4.69) is 16.8 Å². The van der Waals surface area contributed by atoms with E-state index in [0.717, 1.165) is 25.2 Å². The zero-order valence-corrected chi connectivity index (χ0v) is 17.5. The maximum atomic E-state index is 13.2. The molecular weight excluding hydrogens is 364 g/mol. The Balaban J connectivity index is 1.75. The molecule has 1 saturated heterocycles. The maximum Gasteiger partial charge on any atom is 0.272 e. The number of amides is 2. The highest BCUT2D eigenvalue weighted by molar-refractivity contribution is 5.98. The van der Waals surface area contributed by atoms with E-state index in [-0.39, 0.29) is 17.9 Å². The summed E-state index contributed by atoms with van der Waals surface area (Å²) in [4.78, 5) is 36.3. The van der Waals surface area contributed by atoms with Crippen LogP contribution in [-0.2, 0) is 6.54 Å². The number of rotatable bonds is 6. The summed E-state index contributed by atoms with van der Waals surface area (Å²) in [6.45, 7) is 10.8. The Labute approximate surface area is 173 Å². The van der Waals surface area contributed by atoms with Gasteiger partial charge < -0.3 is 14.7 Å². The van der Waals surface area contributed by atoms with Crippen molar-refractivity contribution in [1.82, 2.24) is 19.7 Å². The number of aromatic nitrogens is 1. The molecule has 0 saturated carbocycles. The number of benzene rings is 1. The van der Waals surface area contributed by atoms with Crippen molar-refractivity contribution in [2.45, 2.75) is 33.4 Å². The Hall–Kier alpha value is -2.73. The van der Waals surface area contributed by atoms with E-state index in [4.69, 9.17) is 0 Å². The van der Waals surface area contributed by atoms with Crippen molar-refractivity contribution in [3.8, 4) is 0 Å². The molecule has 154 valence electrons. The third-order valence-corrected chi connectivity index (χ3v) is 5.41. The summed E-state index contributed by atoms with van der Waals surface area (Å²) in [5, 5.41) is 0. The summed E-state index contributed by atoms with van der Waals surface area (Å²) in [5.41, 5.74) is 1.91. The first-order valence-corrected chi connectivity index (χ1v) is 10.3. The number of hydrogen-bond donors (Lipinski definition) is 0. The topological polar surface area (TPSA) is 56.8 Å². The Bertz CT molecular complexity index is 830. The highest BCUT2D eigenvalue weighted by Crippen LogP contribution is 2.15. The minimum Gasteiger partial charge on any atom is -0.335 e. The number of pyridine rings is 1. The van der Waals surface area contributed by atoms with Crippen molar-refractivity contribution >= 4 is 11.8 Å². The summed E-state index contributed by atoms with van der Waals surface area (Å²) in [5.74, 6) is -0.189. The number of piperazine rings is 1. The largest absolute Gasteiger partial charge is 0.335 e. The fourth-order valence-electron chi connectivity index (χ4n) is 3.54. The molecular formula is C23H30N4O2. The van der Waals surface area contributed by atoms with Crippen LogP contribution in [0.5, 0.6) is 0 Å². The molecule has 6 heteroatoms. The van der Waals surface area contributed by atoms with E-state index < -0.39 is 0 Å². The summed E-state index contributed by atoms with van der Waals surface area (Å²) < 4.78 is 0. The van der Waals surface area contributed by atoms with Crippen LogP contribution in [0.1, 0.15) is 47.2 Å². The Morgan fingerprint density at radius 3 is 2.38 bits per heavy atom. The third-order valence-electron chi connectivity index (χ3n) is 5.41. The van der Waals surface area contributed by atoms with Gasteiger partial charge in [0.2, 0.25) is 0 Å². The predicted octanol–water partition coefficient (Wildman–Crippen LogP) is 2.91. The minimum atomic E-state index is -0.102. The zero-order valence-electron chi connectivity index (χ0n) is 17.5. The molecule has 0 aliphatic carbocycles. The van der Waals surface area contributed by atoms with Crippen LogP contribution in [0.25, 0.3) is 0 Å². The lowest BCUT2D eigenvalue weighted by Crippen LogP contribution is -2.48. The number of likely N-dealkylation sites (N-methyl/N-ethyl adjacent to an activating group) is 1. The van der Waals surface area contributed by atoms with E-state index in [1.54, 1.807) is 18.3 Å². The Morgan fingerprint density at radius 1 is 1.07 bits per heavy atom. The number of carbonyl (C=O) groups is 2. The van der Waals surface area contributed by atoms with Crippen LogP contribution in [0.15, 0.2) is 48.7 Å². The molecule has 1 aromatic carbocycles. The highest BCUT2D eigenvalue weighted by atomic mass is 16.2. The van der Waals surface area contributed by atoms with Gasteiger partial charge in [-0.3, -0.25) is 14.6 Å². The first-order chi connectivity index (χ1) is 14.0. The lowest BCUT2D eigenvalue weighted by Gasteiger charge is -2.33. The van der Waals surface area contributed by atoms with Crippen molar-refractivity contribution in [2.24, 2.45) is 0 Å². The third kappa shape index (κ3) is 5.21. The first kappa shape index (κ1) is 21.0. The van der Waals surface area contributed by atoms with Crippen LogP contribution < -0.4 is 0 Å². The van der Waals surface area contributed by atoms with Crippen LogP contribution in [-0.4, -0.2) is 70.3 Å². The van der Waals surface area contributed by atoms with Gasteiger partial charge in [0.25, 0.3) is 11.8 Å². The van der Waals surface area contributed by atoms with Crippen LogP contribution in [0.2, 0.25) is 0 Å². The Kier molecular flexibility index (Phi) is 6.99. The SMILES string of the molecule is CCN1CCN(C(=O)c2cc(C(=O)N(Cc3ccccc3)C(C)C)ccn2)CC1. The second-order valence-electron chi connectivity index (χ2n) is 7.67. The molecule has 0 unspecified atom stereocenters. The van der Waals surface area contributed by atoms with Crippen molar-refractivity contribution in [3.63, 3.8) is 0 Å². The van der Waals surface area contributed by atoms with Gasteiger partial charge in [-0.15, -0.1) is 0 Å². The fraction of sp³-hybridized carbons (Fsp3) is 0.435. The number of hydrogen-bond acceptors (Lipinski definition) is 4. The van der Waals surface area contributed by atoms with Gasteiger partial charge in [-0.2, -0.15) is 0 Å². The number of carbonyl (C=O) groups excluding carboxylic acids is 2. The molecule has 0 N–H and O–H groups in total. The van der Waals surface area contributed by atoms with Crippen LogP contribution >= 0.6 is 0 Å². The van der Waals surface area contributed by atoms with Gasteiger partial charge in [0.05, 0.1) is 0 Å². The monoisotopic (exact) mass is 394 g/mol. The van der Waals surface area contributed by atoms with Crippen molar-refractivity contribution < 1.29 is 9.59 Å². The molecule has 2 heterocycles. The lowest BCUT2D eigenvalue weighted by molar-refractivity contribution is 0.0637. The van der Waals surface area contributed by atoms with Gasteiger partial charge in [0, 0.05) is 50.5 Å². The van der Waals surface area contributed by atoms with E-state index in [0.29, 0.717) is 30.9 Å². The highest BCUT2D eigenvalue weighted by Gasteiger charge is 2.24. The molecule has 29 heavy (non-hydrogen) atoms. The molecule has 2 aromatic rings. The molecule has 0 atom stereocenters. The minimum absolute atomic E-state index is 0.0390. The average molecular weight is 395 g/mol. The second kappa shape index (κ2) is 9.65. The van der Waals surface area contributed by atoms with Gasteiger partial charge in [0.1, 0.15) is 5.69 Å². The van der Waals surface area contributed by atoms with E-state index in [1.807, 2.05) is 54.0 Å². The first-order valence-electron chi connectivity index (χ1n) is 10.3. The summed E-state index contributed by atoms with van der Waals surface area (Å²) >= 11 is 0. The van der Waals surface area contributed by atoms with E-state index >= 15 is 0 Å². The van der Waals surface area contributed by atoms with Gasteiger partial charge in [0.15, 0.2) is 0 Å². The van der Waals surface area contributed by atoms with Gasteiger partial charge in [-0.25, -0.2) is 0 Å². The Morgan fingerprint density at radius 2 is 1.76 bits per heavy atom. The predicted molar refractivity (Wildman–Crippen MR) is 114 cm³/mol. The van der Waals surface area contributed by atoms with Crippen molar-refractivity contribution in [2.75, 3.05) is 32.7 Å². The average Bonchev–Trinajstić information content (AvgIpc) is 2.77. The van der Waals surface area contributed by atoms with Crippen molar-refractivity contribution in [3.05, 3.63) is 65.5 Å². The van der Waals surface area contributed by atoms with E-state index in [1.165, 1.54) is 0 Å². The summed E-state index contributed by atoms with van der Waals surface area (Å²) in [6.07, 6.45) is 1.56. The van der Waals surface area contributed by atoms with Crippen LogP contribution in [0.4, 0.5) is 0 Å². The maximum absolute atomic E-state index is 13.2. The molecule has 1 aromatic heterocycles. The molecule has 1 aliphatic heterocycles. The molecule has 0 radical (unpaired) electrons. The number of nitrogens with zero attached hydrogens (tertiary/aromatic N) is 4.